The molecule has 3 rings (SSSR count). The third-order valence-electron chi connectivity index (χ3n) is 4.39. The number of fused-ring (bicyclic) bond motifs is 1. The van der Waals surface area contributed by atoms with Crippen molar-refractivity contribution < 1.29 is 9.84 Å². The summed E-state index contributed by atoms with van der Waals surface area (Å²) in [6.45, 7) is 1.14. The lowest BCUT2D eigenvalue weighted by Crippen LogP contribution is -2.44. The van der Waals surface area contributed by atoms with Crippen LogP contribution in [0.3, 0.4) is 0 Å². The molecule has 0 radical (unpaired) electrons. The smallest absolute Gasteiger partial charge is 0.124 e. The van der Waals surface area contributed by atoms with Gasteiger partial charge < -0.3 is 20.9 Å². The highest BCUT2D eigenvalue weighted by atomic mass is 79.9. The van der Waals surface area contributed by atoms with Gasteiger partial charge in [0, 0.05) is 35.1 Å². The average Bonchev–Trinajstić information content (AvgIpc) is 2.60. The summed E-state index contributed by atoms with van der Waals surface area (Å²) >= 11 is 3.51. The number of aliphatic hydroxyl groups is 1. The summed E-state index contributed by atoms with van der Waals surface area (Å²) in [6, 6.07) is 15.9. The maximum Gasteiger partial charge on any atom is 0.124 e. The number of hydrogen-bond acceptors (Lipinski definition) is 4. The zero-order valence-electron chi connectivity index (χ0n) is 13.5. The third kappa shape index (κ3) is 4.36. The van der Waals surface area contributed by atoms with Crippen LogP contribution in [0.5, 0.6) is 5.75 Å². The van der Waals surface area contributed by atoms with E-state index in [0.717, 1.165) is 27.8 Å². The number of nitrogens with one attached hydrogen (secondary N) is 1. The first-order valence-corrected chi connectivity index (χ1v) is 9.06. The van der Waals surface area contributed by atoms with Crippen molar-refractivity contribution in [3.05, 3.63) is 64.1 Å². The Morgan fingerprint density at radius 3 is 2.83 bits per heavy atom. The first-order valence-electron chi connectivity index (χ1n) is 8.26. The van der Waals surface area contributed by atoms with Crippen molar-refractivity contribution in [2.75, 3.05) is 13.2 Å². The number of benzene rings is 2. The van der Waals surface area contributed by atoms with Crippen molar-refractivity contribution >= 4 is 15.9 Å². The predicted octanol–water partition coefficient (Wildman–Crippen LogP) is 2.79. The van der Waals surface area contributed by atoms with Gasteiger partial charge in [0.25, 0.3) is 0 Å². The number of aliphatic hydroxyl groups excluding tert-OH is 1. The molecule has 3 atom stereocenters. The van der Waals surface area contributed by atoms with Crippen LogP contribution in [0.25, 0.3) is 0 Å². The molecule has 1 aliphatic heterocycles. The topological polar surface area (TPSA) is 67.5 Å². The summed E-state index contributed by atoms with van der Waals surface area (Å²) in [5.74, 6) is 0.907. The van der Waals surface area contributed by atoms with Gasteiger partial charge in [-0.1, -0.05) is 46.3 Å². The Balaban J connectivity index is 1.57. The quantitative estimate of drug-likeness (QED) is 0.709. The van der Waals surface area contributed by atoms with Gasteiger partial charge in [0.2, 0.25) is 0 Å². The molecule has 1 heterocycles. The van der Waals surface area contributed by atoms with E-state index in [4.69, 9.17) is 10.5 Å². The van der Waals surface area contributed by atoms with E-state index in [9.17, 15) is 5.11 Å². The SMILES string of the molecule is N[C@@H](Cc1ccccc1)[C@H](O)CN[C@H]1CCOc2ccc(Br)cc21. The van der Waals surface area contributed by atoms with Gasteiger partial charge in [0.05, 0.1) is 12.7 Å². The Kier molecular flexibility index (Phi) is 5.89. The molecule has 128 valence electrons. The normalized spacial score (nSPS) is 19.2. The fourth-order valence-corrected chi connectivity index (χ4v) is 3.39. The molecule has 5 heteroatoms. The summed E-state index contributed by atoms with van der Waals surface area (Å²) in [6.07, 6.45) is 0.951. The van der Waals surface area contributed by atoms with Crippen molar-refractivity contribution in [3.63, 3.8) is 0 Å². The molecule has 0 fully saturated rings. The lowest BCUT2D eigenvalue weighted by atomic mass is 9.99. The Morgan fingerprint density at radius 1 is 1.25 bits per heavy atom. The van der Waals surface area contributed by atoms with Crippen molar-refractivity contribution in [3.8, 4) is 5.75 Å². The first-order chi connectivity index (χ1) is 11.6. The van der Waals surface area contributed by atoms with Crippen LogP contribution in [0.2, 0.25) is 0 Å². The molecule has 4 N–H and O–H groups in total. The van der Waals surface area contributed by atoms with Crippen LogP contribution in [0.1, 0.15) is 23.6 Å². The summed E-state index contributed by atoms with van der Waals surface area (Å²) in [4.78, 5) is 0. The molecule has 0 spiro atoms. The highest BCUT2D eigenvalue weighted by molar-refractivity contribution is 9.10. The van der Waals surface area contributed by atoms with Crippen LogP contribution in [-0.4, -0.2) is 30.4 Å². The molecule has 0 saturated heterocycles. The Morgan fingerprint density at radius 2 is 2.04 bits per heavy atom. The van der Waals surface area contributed by atoms with E-state index in [0.29, 0.717) is 19.6 Å². The van der Waals surface area contributed by atoms with Crippen LogP contribution < -0.4 is 15.8 Å². The van der Waals surface area contributed by atoms with E-state index in [1.807, 2.05) is 42.5 Å². The highest BCUT2D eigenvalue weighted by Crippen LogP contribution is 2.34. The molecular weight excluding hydrogens is 368 g/mol. The van der Waals surface area contributed by atoms with Gasteiger partial charge in [-0.05, 0) is 30.2 Å². The molecule has 0 aliphatic carbocycles. The molecule has 0 amide bonds. The summed E-state index contributed by atoms with van der Waals surface area (Å²) < 4.78 is 6.72. The van der Waals surface area contributed by atoms with Crippen LogP contribution in [-0.2, 0) is 6.42 Å². The Hall–Kier alpha value is -1.40. The number of ether oxygens (including phenoxy) is 1. The van der Waals surface area contributed by atoms with Crippen molar-refractivity contribution in [2.45, 2.75) is 31.0 Å². The minimum atomic E-state index is -0.594. The minimum Gasteiger partial charge on any atom is -0.493 e. The lowest BCUT2D eigenvalue weighted by Gasteiger charge is -2.29. The second-order valence-corrected chi connectivity index (χ2v) is 7.12. The molecular formula is C19H23BrN2O2. The molecule has 4 nitrogen and oxygen atoms in total. The largest absolute Gasteiger partial charge is 0.493 e. The van der Waals surface area contributed by atoms with Crippen LogP contribution in [0, 0.1) is 0 Å². The fourth-order valence-electron chi connectivity index (χ4n) is 3.01. The van der Waals surface area contributed by atoms with E-state index in [-0.39, 0.29) is 12.1 Å². The fraction of sp³-hybridized carbons (Fsp3) is 0.368. The van der Waals surface area contributed by atoms with E-state index in [2.05, 4.69) is 27.3 Å². The molecule has 1 aliphatic rings. The summed E-state index contributed by atoms with van der Waals surface area (Å²) in [5, 5.41) is 13.8. The van der Waals surface area contributed by atoms with Gasteiger partial charge in [0.15, 0.2) is 0 Å². The van der Waals surface area contributed by atoms with Crippen LogP contribution in [0.4, 0.5) is 0 Å². The summed E-state index contributed by atoms with van der Waals surface area (Å²) in [7, 11) is 0. The second-order valence-electron chi connectivity index (χ2n) is 6.20. The second kappa shape index (κ2) is 8.12. The van der Waals surface area contributed by atoms with Gasteiger partial charge in [-0.25, -0.2) is 0 Å². The minimum absolute atomic E-state index is 0.171. The zero-order chi connectivity index (χ0) is 16.9. The molecule has 2 aromatic rings. The number of rotatable bonds is 6. The standard InChI is InChI=1S/C19H23BrN2O2/c20-14-6-7-19-15(11-14)17(8-9-24-19)22-12-18(23)16(21)10-13-4-2-1-3-5-13/h1-7,11,16-18,22-23H,8-10,12,21H2/t16-,17-,18+/m0/s1. The maximum atomic E-state index is 10.4. The first kappa shape index (κ1) is 17.4. The highest BCUT2D eigenvalue weighted by Gasteiger charge is 2.23. The van der Waals surface area contributed by atoms with Gasteiger partial charge in [0.1, 0.15) is 5.75 Å². The number of halogens is 1. The predicted molar refractivity (Wildman–Crippen MR) is 99.1 cm³/mol. The lowest BCUT2D eigenvalue weighted by molar-refractivity contribution is 0.133. The van der Waals surface area contributed by atoms with Gasteiger partial charge in [-0.3, -0.25) is 0 Å². The molecule has 0 saturated carbocycles. The van der Waals surface area contributed by atoms with Crippen LogP contribution in [0.15, 0.2) is 53.0 Å². The van der Waals surface area contributed by atoms with E-state index < -0.39 is 6.10 Å². The van der Waals surface area contributed by atoms with Gasteiger partial charge in [-0.2, -0.15) is 0 Å². The van der Waals surface area contributed by atoms with Crippen molar-refractivity contribution in [1.82, 2.24) is 5.32 Å². The van der Waals surface area contributed by atoms with E-state index in [1.165, 1.54) is 0 Å². The molecule has 0 bridgehead atoms. The molecule has 24 heavy (non-hydrogen) atoms. The summed E-state index contributed by atoms with van der Waals surface area (Å²) in [5.41, 5.74) is 8.43. The molecule has 0 aromatic heterocycles. The van der Waals surface area contributed by atoms with Gasteiger partial charge in [-0.15, -0.1) is 0 Å². The maximum absolute atomic E-state index is 10.4. The molecule has 0 unspecified atom stereocenters. The van der Waals surface area contributed by atoms with Crippen molar-refractivity contribution in [1.29, 1.82) is 0 Å². The van der Waals surface area contributed by atoms with Crippen LogP contribution >= 0.6 is 15.9 Å². The van der Waals surface area contributed by atoms with E-state index in [1.54, 1.807) is 0 Å². The number of nitrogens with two attached hydrogens (primary N) is 1. The zero-order valence-corrected chi connectivity index (χ0v) is 15.1. The monoisotopic (exact) mass is 390 g/mol. The average molecular weight is 391 g/mol. The Bertz CT molecular complexity index is 666. The van der Waals surface area contributed by atoms with Crippen molar-refractivity contribution in [2.24, 2.45) is 5.73 Å². The Labute approximate surface area is 151 Å². The number of hydrogen-bond donors (Lipinski definition) is 3. The molecule has 2 aromatic carbocycles. The van der Waals surface area contributed by atoms with E-state index >= 15 is 0 Å². The third-order valence-corrected chi connectivity index (χ3v) is 4.89. The van der Waals surface area contributed by atoms with Gasteiger partial charge >= 0.3 is 0 Å².